The molecule has 0 radical (unpaired) electrons. The van der Waals surface area contributed by atoms with Crippen molar-refractivity contribution >= 4 is 22.5 Å². The Bertz CT molecular complexity index is 947. The fourth-order valence-corrected chi connectivity index (χ4v) is 3.77. The van der Waals surface area contributed by atoms with Crippen LogP contribution in [0.3, 0.4) is 0 Å². The van der Waals surface area contributed by atoms with E-state index < -0.39 is 0 Å². The van der Waals surface area contributed by atoms with Crippen molar-refractivity contribution in [2.75, 3.05) is 39.0 Å². The van der Waals surface area contributed by atoms with Crippen LogP contribution in [0, 0.1) is 0 Å². The molecule has 0 unspecified atom stereocenters. The molecule has 1 fully saturated rings. The molecule has 0 spiro atoms. The number of hydrogen-bond acceptors (Lipinski definition) is 5. The number of amides is 1. The van der Waals surface area contributed by atoms with Gasteiger partial charge in [0, 0.05) is 29.4 Å². The van der Waals surface area contributed by atoms with Crippen LogP contribution < -0.4 is 5.32 Å². The number of pyridine rings is 1. The van der Waals surface area contributed by atoms with Crippen LogP contribution in [-0.2, 0) is 4.79 Å². The van der Waals surface area contributed by atoms with E-state index in [-0.39, 0.29) is 5.91 Å². The molecule has 1 saturated heterocycles. The van der Waals surface area contributed by atoms with E-state index >= 15 is 0 Å². The number of fused-ring (bicyclic) bond motifs is 1. The molecule has 28 heavy (non-hydrogen) atoms. The topological polar surface area (TPSA) is 77.1 Å². The van der Waals surface area contributed by atoms with Crippen molar-refractivity contribution in [3.05, 3.63) is 42.9 Å². The smallest absolute Gasteiger partial charge is 0.239 e. The molecule has 0 bridgehead atoms. The van der Waals surface area contributed by atoms with Gasteiger partial charge in [0.25, 0.3) is 0 Å². The van der Waals surface area contributed by atoms with Gasteiger partial charge in [0.2, 0.25) is 5.91 Å². The highest BCUT2D eigenvalue weighted by atomic mass is 16.2. The number of benzene rings is 1. The van der Waals surface area contributed by atoms with Gasteiger partial charge in [-0.3, -0.25) is 14.8 Å². The normalized spacial score (nSPS) is 16.0. The van der Waals surface area contributed by atoms with Gasteiger partial charge in [0.05, 0.1) is 12.7 Å². The van der Waals surface area contributed by atoms with Crippen LogP contribution >= 0.6 is 0 Å². The number of rotatable bonds is 5. The third-order valence-corrected chi connectivity index (χ3v) is 5.53. The first-order valence-electron chi connectivity index (χ1n) is 9.66. The third-order valence-electron chi connectivity index (χ3n) is 5.53. The number of nitrogens with zero attached hydrogens (tertiary/aromatic N) is 4. The van der Waals surface area contributed by atoms with E-state index in [0.717, 1.165) is 47.8 Å². The fraction of sp³-hybridized carbons (Fsp3) is 0.381. The van der Waals surface area contributed by atoms with Gasteiger partial charge in [-0.2, -0.15) is 5.10 Å². The molecule has 2 N–H and O–H groups in total. The number of anilines is 1. The summed E-state index contributed by atoms with van der Waals surface area (Å²) in [4.78, 5) is 21.4. The Hall–Kier alpha value is -2.77. The van der Waals surface area contributed by atoms with Gasteiger partial charge in [0.1, 0.15) is 5.82 Å². The molecule has 0 atom stereocenters. The van der Waals surface area contributed by atoms with E-state index in [9.17, 15) is 4.79 Å². The van der Waals surface area contributed by atoms with E-state index in [2.05, 4.69) is 43.4 Å². The second-order valence-electron chi connectivity index (χ2n) is 7.62. The summed E-state index contributed by atoms with van der Waals surface area (Å²) < 4.78 is 0. The Morgan fingerprint density at radius 2 is 2.04 bits per heavy atom. The summed E-state index contributed by atoms with van der Waals surface area (Å²) in [6, 6.07) is 8.55. The maximum absolute atomic E-state index is 12.5. The zero-order valence-electron chi connectivity index (χ0n) is 16.4. The molecule has 3 aromatic rings. The number of likely N-dealkylation sites (N-methyl/N-ethyl adjacent to an activating group) is 1. The lowest BCUT2D eigenvalue weighted by atomic mass is 10.0. The first kappa shape index (κ1) is 18.6. The van der Waals surface area contributed by atoms with Gasteiger partial charge in [0.15, 0.2) is 0 Å². The van der Waals surface area contributed by atoms with Crippen molar-refractivity contribution in [1.29, 1.82) is 0 Å². The molecule has 0 aliphatic carbocycles. The van der Waals surface area contributed by atoms with Gasteiger partial charge >= 0.3 is 0 Å². The first-order valence-corrected chi connectivity index (χ1v) is 9.66. The summed E-state index contributed by atoms with van der Waals surface area (Å²) in [7, 11) is 4.17. The number of carbonyl (C=O) groups is 1. The van der Waals surface area contributed by atoms with E-state index in [1.54, 1.807) is 12.4 Å². The molecule has 1 amide bonds. The second-order valence-corrected chi connectivity index (χ2v) is 7.62. The SMILES string of the molecule is CN1CCC(N(C)CC(=O)Nc2cc3cc(-c4cn[nH]c4)ccc3cn2)CC1. The minimum Gasteiger partial charge on any atom is -0.310 e. The van der Waals surface area contributed by atoms with Gasteiger partial charge in [-0.15, -0.1) is 0 Å². The molecule has 2 aromatic heterocycles. The van der Waals surface area contributed by atoms with Crippen LogP contribution in [0.2, 0.25) is 0 Å². The highest BCUT2D eigenvalue weighted by Gasteiger charge is 2.22. The van der Waals surface area contributed by atoms with Gasteiger partial charge in [-0.25, -0.2) is 4.98 Å². The number of carbonyl (C=O) groups excluding carboxylic acids is 1. The Balaban J connectivity index is 1.43. The highest BCUT2D eigenvalue weighted by molar-refractivity contribution is 5.94. The predicted molar refractivity (Wildman–Crippen MR) is 111 cm³/mol. The summed E-state index contributed by atoms with van der Waals surface area (Å²) in [6.45, 7) is 2.55. The molecule has 0 saturated carbocycles. The van der Waals surface area contributed by atoms with Crippen LogP contribution in [0.1, 0.15) is 12.8 Å². The lowest BCUT2D eigenvalue weighted by molar-refractivity contribution is -0.117. The summed E-state index contributed by atoms with van der Waals surface area (Å²) in [5, 5.41) is 11.9. The van der Waals surface area contributed by atoms with Crippen molar-refractivity contribution in [3.63, 3.8) is 0 Å². The third kappa shape index (κ3) is 4.21. The summed E-state index contributed by atoms with van der Waals surface area (Å²) in [5.74, 6) is 0.554. The predicted octanol–water partition coefficient (Wildman–Crippen LogP) is 2.59. The van der Waals surface area contributed by atoms with Crippen molar-refractivity contribution in [2.24, 2.45) is 0 Å². The molecule has 4 rings (SSSR count). The van der Waals surface area contributed by atoms with E-state index in [0.29, 0.717) is 18.4 Å². The molecule has 3 heterocycles. The summed E-state index contributed by atoms with van der Waals surface area (Å²) >= 11 is 0. The molecule has 1 aliphatic rings. The van der Waals surface area contributed by atoms with E-state index in [1.807, 2.05) is 31.4 Å². The Labute approximate surface area is 164 Å². The number of hydrogen-bond donors (Lipinski definition) is 2. The maximum Gasteiger partial charge on any atom is 0.239 e. The van der Waals surface area contributed by atoms with Crippen LogP contribution in [0.4, 0.5) is 5.82 Å². The van der Waals surface area contributed by atoms with Crippen LogP contribution in [0.15, 0.2) is 42.9 Å². The van der Waals surface area contributed by atoms with Crippen LogP contribution in [-0.4, -0.2) is 70.7 Å². The zero-order chi connectivity index (χ0) is 19.5. The Morgan fingerprint density at radius 1 is 1.21 bits per heavy atom. The Morgan fingerprint density at radius 3 is 2.79 bits per heavy atom. The van der Waals surface area contributed by atoms with Gasteiger partial charge < -0.3 is 10.2 Å². The molecule has 1 aliphatic heterocycles. The molecule has 7 nitrogen and oxygen atoms in total. The van der Waals surface area contributed by atoms with Crippen LogP contribution in [0.25, 0.3) is 21.9 Å². The lowest BCUT2D eigenvalue weighted by Crippen LogP contribution is -2.44. The quantitative estimate of drug-likeness (QED) is 0.714. The van der Waals surface area contributed by atoms with Crippen molar-refractivity contribution in [2.45, 2.75) is 18.9 Å². The number of aromatic nitrogens is 3. The average Bonchev–Trinajstić information content (AvgIpc) is 3.22. The largest absolute Gasteiger partial charge is 0.310 e. The highest BCUT2D eigenvalue weighted by Crippen LogP contribution is 2.24. The molecular weight excluding hydrogens is 352 g/mol. The number of nitrogens with one attached hydrogen (secondary N) is 2. The van der Waals surface area contributed by atoms with E-state index in [4.69, 9.17) is 0 Å². The molecule has 7 heteroatoms. The number of H-pyrrole nitrogens is 1. The van der Waals surface area contributed by atoms with Gasteiger partial charge in [-0.05, 0) is 63.1 Å². The minimum atomic E-state index is -0.0285. The lowest BCUT2D eigenvalue weighted by Gasteiger charge is -2.34. The van der Waals surface area contributed by atoms with E-state index in [1.165, 1.54) is 0 Å². The fourth-order valence-electron chi connectivity index (χ4n) is 3.77. The van der Waals surface area contributed by atoms with Crippen LogP contribution in [0.5, 0.6) is 0 Å². The number of piperidine rings is 1. The molecular formula is C21H26N6O. The Kier molecular flexibility index (Phi) is 5.36. The van der Waals surface area contributed by atoms with Crippen molar-refractivity contribution in [1.82, 2.24) is 25.0 Å². The summed E-state index contributed by atoms with van der Waals surface area (Å²) in [6.07, 6.45) is 7.66. The minimum absolute atomic E-state index is 0.0285. The van der Waals surface area contributed by atoms with Gasteiger partial charge in [-0.1, -0.05) is 12.1 Å². The number of likely N-dealkylation sites (tertiary alicyclic amines) is 1. The first-order chi connectivity index (χ1) is 13.6. The second kappa shape index (κ2) is 8.08. The number of aromatic amines is 1. The summed E-state index contributed by atoms with van der Waals surface area (Å²) in [5.41, 5.74) is 2.11. The van der Waals surface area contributed by atoms with Crippen molar-refractivity contribution < 1.29 is 4.79 Å². The molecule has 146 valence electrons. The maximum atomic E-state index is 12.5. The monoisotopic (exact) mass is 378 g/mol. The average molecular weight is 378 g/mol. The van der Waals surface area contributed by atoms with Crippen molar-refractivity contribution in [3.8, 4) is 11.1 Å². The molecule has 1 aromatic carbocycles. The standard InChI is InChI=1S/C21H26N6O/c1-26-7-5-19(6-8-26)27(2)14-21(28)25-20-10-17-9-15(18-12-23-24-13-18)3-4-16(17)11-22-20/h3-4,9-13,19H,5-8,14H2,1-2H3,(H,23,24)(H,22,25,28). The zero-order valence-corrected chi connectivity index (χ0v) is 16.4.